The smallest absolute Gasteiger partial charge is 0.338 e. The summed E-state index contributed by atoms with van der Waals surface area (Å²) in [7, 11) is 0. The number of allylic oxidation sites excluding steroid dienone is 1. The Hall–Kier alpha value is -1.92. The molecule has 1 aromatic carbocycles. The normalized spacial score (nSPS) is 17.0. The van der Waals surface area contributed by atoms with Gasteiger partial charge in [-0.15, -0.1) is 0 Å². The molecule has 1 atom stereocenters. The maximum absolute atomic E-state index is 12.5. The average Bonchev–Trinajstić information content (AvgIpc) is 2.52. The van der Waals surface area contributed by atoms with Crippen LogP contribution >= 0.6 is 23.2 Å². The minimum atomic E-state index is -0.731. The van der Waals surface area contributed by atoms with Crippen molar-refractivity contribution in [2.45, 2.75) is 46.3 Å². The highest BCUT2D eigenvalue weighted by Gasteiger charge is 2.33. The van der Waals surface area contributed by atoms with Crippen LogP contribution in [0.1, 0.15) is 45.7 Å². The zero-order chi connectivity index (χ0) is 19.4. The molecule has 0 spiro atoms. The van der Waals surface area contributed by atoms with Crippen LogP contribution < -0.4 is 15.4 Å². The van der Waals surface area contributed by atoms with Gasteiger partial charge in [-0.05, 0) is 44.9 Å². The molecule has 1 aliphatic rings. The van der Waals surface area contributed by atoms with Gasteiger partial charge in [0, 0.05) is 5.70 Å². The Kier molecular flexibility index (Phi) is 6.78. The summed E-state index contributed by atoms with van der Waals surface area (Å²) in [5, 5.41) is 5.92. The molecule has 2 N–H and O–H groups in total. The molecule has 0 bridgehead atoms. The van der Waals surface area contributed by atoms with Crippen molar-refractivity contribution in [1.29, 1.82) is 0 Å². The predicted octanol–water partition coefficient (Wildman–Crippen LogP) is 4.36. The number of urea groups is 1. The minimum Gasteiger partial charge on any atom is -0.490 e. The van der Waals surface area contributed by atoms with Gasteiger partial charge >= 0.3 is 12.0 Å². The van der Waals surface area contributed by atoms with Gasteiger partial charge in [-0.3, -0.25) is 0 Å². The first-order chi connectivity index (χ1) is 12.2. The van der Waals surface area contributed by atoms with Gasteiger partial charge in [0.1, 0.15) is 0 Å². The molecule has 26 heavy (non-hydrogen) atoms. The van der Waals surface area contributed by atoms with Crippen LogP contribution in [0.4, 0.5) is 4.79 Å². The Morgan fingerprint density at radius 2 is 1.88 bits per heavy atom. The van der Waals surface area contributed by atoms with E-state index in [0.717, 1.165) is 6.42 Å². The van der Waals surface area contributed by atoms with Crippen molar-refractivity contribution in [3.63, 3.8) is 0 Å². The molecule has 2 amide bonds. The first-order valence-corrected chi connectivity index (χ1v) is 9.11. The number of hydrogen-bond donors (Lipinski definition) is 2. The highest BCUT2D eigenvalue weighted by atomic mass is 35.5. The van der Waals surface area contributed by atoms with Gasteiger partial charge in [-0.2, -0.15) is 0 Å². The van der Waals surface area contributed by atoms with Crippen molar-refractivity contribution in [2.24, 2.45) is 0 Å². The van der Waals surface area contributed by atoms with Crippen LogP contribution in [0.3, 0.4) is 0 Å². The molecule has 0 fully saturated rings. The minimum absolute atomic E-state index is 0.293. The van der Waals surface area contributed by atoms with Crippen LogP contribution in [0, 0.1) is 0 Å². The van der Waals surface area contributed by atoms with Gasteiger partial charge in [-0.25, -0.2) is 9.59 Å². The molecule has 2 rings (SSSR count). The number of esters is 1. The van der Waals surface area contributed by atoms with Gasteiger partial charge < -0.3 is 20.1 Å². The van der Waals surface area contributed by atoms with Crippen LogP contribution in [0.2, 0.25) is 10.0 Å². The van der Waals surface area contributed by atoms with E-state index in [-0.39, 0.29) is 6.10 Å². The summed E-state index contributed by atoms with van der Waals surface area (Å²) < 4.78 is 10.9. The molecule has 0 radical (unpaired) electrons. The van der Waals surface area contributed by atoms with Crippen molar-refractivity contribution in [3.8, 4) is 5.75 Å². The zero-order valence-corrected chi connectivity index (χ0v) is 16.6. The number of ether oxygens (including phenoxy) is 2. The molecule has 1 heterocycles. The van der Waals surface area contributed by atoms with Gasteiger partial charge in [0.15, 0.2) is 5.75 Å². The lowest BCUT2D eigenvalue weighted by Gasteiger charge is -2.29. The zero-order valence-electron chi connectivity index (χ0n) is 15.1. The van der Waals surface area contributed by atoms with Crippen LogP contribution in [0.5, 0.6) is 5.75 Å². The summed E-state index contributed by atoms with van der Waals surface area (Å²) in [4.78, 5) is 24.5. The standard InChI is InChI=1S/C18H22Cl2N2O4/c1-5-6-25-16-12(19)7-11(8-13(16)20)15-14(17(23)26-9(2)3)10(4)21-18(24)22-15/h7-9,15H,5-6H2,1-4H3,(H2,21,22,24). The van der Waals surface area contributed by atoms with E-state index in [2.05, 4.69) is 10.6 Å². The number of carbonyl (C=O) groups is 2. The van der Waals surface area contributed by atoms with E-state index in [0.29, 0.717) is 39.2 Å². The summed E-state index contributed by atoms with van der Waals surface area (Å²) >= 11 is 12.6. The topological polar surface area (TPSA) is 76.7 Å². The summed E-state index contributed by atoms with van der Waals surface area (Å²) in [6.45, 7) is 7.61. The Balaban J connectivity index is 2.45. The molecule has 1 unspecified atom stereocenters. The number of halogens is 2. The summed E-state index contributed by atoms with van der Waals surface area (Å²) in [6.07, 6.45) is 0.518. The quantitative estimate of drug-likeness (QED) is 0.695. The van der Waals surface area contributed by atoms with Crippen molar-refractivity contribution in [2.75, 3.05) is 6.61 Å². The Morgan fingerprint density at radius 3 is 2.42 bits per heavy atom. The highest BCUT2D eigenvalue weighted by Crippen LogP contribution is 2.38. The molecule has 6 nitrogen and oxygen atoms in total. The van der Waals surface area contributed by atoms with Crippen molar-refractivity contribution in [1.82, 2.24) is 10.6 Å². The molecule has 142 valence electrons. The molecule has 0 saturated carbocycles. The van der Waals surface area contributed by atoms with E-state index >= 15 is 0 Å². The van der Waals surface area contributed by atoms with Crippen LogP contribution in [0.15, 0.2) is 23.4 Å². The second-order valence-corrected chi connectivity index (χ2v) is 7.00. The van der Waals surface area contributed by atoms with Crippen molar-refractivity contribution < 1.29 is 19.1 Å². The maximum atomic E-state index is 12.5. The molecule has 1 aliphatic heterocycles. The summed E-state index contributed by atoms with van der Waals surface area (Å²) in [5.74, 6) is -0.139. The van der Waals surface area contributed by atoms with E-state index in [9.17, 15) is 9.59 Å². The molecule has 8 heteroatoms. The van der Waals surface area contributed by atoms with E-state index in [1.165, 1.54) is 0 Å². The summed E-state index contributed by atoms with van der Waals surface area (Å²) in [6, 6.07) is 2.10. The Bertz CT molecular complexity index is 724. The third kappa shape index (κ3) is 4.62. The number of rotatable bonds is 6. The number of carbonyl (C=O) groups excluding carboxylic acids is 2. The van der Waals surface area contributed by atoms with E-state index in [4.69, 9.17) is 32.7 Å². The Labute approximate surface area is 162 Å². The monoisotopic (exact) mass is 400 g/mol. The average molecular weight is 401 g/mol. The molecule has 0 saturated heterocycles. The van der Waals surface area contributed by atoms with Gasteiger partial charge in [0.25, 0.3) is 0 Å². The fourth-order valence-electron chi connectivity index (χ4n) is 2.58. The molecule has 1 aromatic rings. The molecule has 0 aromatic heterocycles. The first-order valence-electron chi connectivity index (χ1n) is 8.35. The lowest BCUT2D eigenvalue weighted by atomic mass is 9.95. The van der Waals surface area contributed by atoms with E-state index < -0.39 is 18.0 Å². The molecule has 0 aliphatic carbocycles. The fourth-order valence-corrected chi connectivity index (χ4v) is 3.19. The Morgan fingerprint density at radius 1 is 1.27 bits per heavy atom. The SMILES string of the molecule is CCCOc1c(Cl)cc(C2NC(=O)NC(C)=C2C(=O)OC(C)C)cc1Cl. The third-order valence-electron chi connectivity index (χ3n) is 3.64. The summed E-state index contributed by atoms with van der Waals surface area (Å²) in [5.41, 5.74) is 1.28. The lowest BCUT2D eigenvalue weighted by Crippen LogP contribution is -2.45. The number of benzene rings is 1. The molecular weight excluding hydrogens is 379 g/mol. The lowest BCUT2D eigenvalue weighted by molar-refractivity contribution is -0.143. The largest absolute Gasteiger partial charge is 0.490 e. The predicted molar refractivity (Wildman–Crippen MR) is 101 cm³/mol. The van der Waals surface area contributed by atoms with Gasteiger partial charge in [0.2, 0.25) is 0 Å². The van der Waals surface area contributed by atoms with Gasteiger partial charge in [-0.1, -0.05) is 30.1 Å². The van der Waals surface area contributed by atoms with Gasteiger partial charge in [0.05, 0.1) is 34.4 Å². The maximum Gasteiger partial charge on any atom is 0.338 e. The van der Waals surface area contributed by atoms with Crippen molar-refractivity contribution >= 4 is 35.2 Å². The van der Waals surface area contributed by atoms with Crippen molar-refractivity contribution in [3.05, 3.63) is 39.0 Å². The number of hydrogen-bond acceptors (Lipinski definition) is 4. The second kappa shape index (κ2) is 8.64. The van der Waals surface area contributed by atoms with Crippen LogP contribution in [-0.4, -0.2) is 24.7 Å². The third-order valence-corrected chi connectivity index (χ3v) is 4.20. The van der Waals surface area contributed by atoms with E-state index in [1.807, 2.05) is 6.92 Å². The second-order valence-electron chi connectivity index (χ2n) is 6.19. The fraction of sp³-hybridized carbons (Fsp3) is 0.444. The van der Waals surface area contributed by atoms with E-state index in [1.54, 1.807) is 32.9 Å². The van der Waals surface area contributed by atoms with Crippen LogP contribution in [0.25, 0.3) is 0 Å². The highest BCUT2D eigenvalue weighted by molar-refractivity contribution is 6.37. The number of amides is 2. The van der Waals surface area contributed by atoms with Crippen LogP contribution in [-0.2, 0) is 9.53 Å². The first kappa shape index (κ1) is 20.4. The molecular formula is C18H22Cl2N2O4. The number of nitrogens with one attached hydrogen (secondary N) is 2.